The largest absolute Gasteiger partial charge is 0.504 e. The van der Waals surface area contributed by atoms with E-state index in [9.17, 15) is 0 Å². The summed E-state index contributed by atoms with van der Waals surface area (Å²) in [6, 6.07) is 21.0. The van der Waals surface area contributed by atoms with Crippen LogP contribution in [-0.4, -0.2) is 17.2 Å². The smallest absolute Gasteiger partial charge is 0.160 e. The van der Waals surface area contributed by atoms with E-state index >= 15 is 0 Å². The van der Waals surface area contributed by atoms with Gasteiger partial charge in [-0.15, -0.1) is 0 Å². The molecule has 2 aromatic carbocycles. The standard InChI is InChI=1S/C13H11N.C7H8O2/c1-2-13-12(9-6-10-14-13)11-7-4-3-5-8-11;1-9-7-5-3-2-4-6(7)8/h2-10H,1H2;2-5,8H,1H3. The van der Waals surface area contributed by atoms with Crippen LogP contribution in [0.2, 0.25) is 0 Å². The molecule has 116 valence electrons. The van der Waals surface area contributed by atoms with E-state index in [2.05, 4.69) is 29.8 Å². The molecule has 0 atom stereocenters. The molecule has 0 aliphatic carbocycles. The van der Waals surface area contributed by atoms with E-state index in [0.717, 1.165) is 11.3 Å². The Hall–Kier alpha value is -3.07. The number of phenols is 1. The fraction of sp³-hybridized carbons (Fsp3) is 0.0500. The van der Waals surface area contributed by atoms with Crippen molar-refractivity contribution < 1.29 is 9.84 Å². The molecule has 0 spiro atoms. The minimum absolute atomic E-state index is 0.181. The predicted octanol–water partition coefficient (Wildman–Crippen LogP) is 4.79. The summed E-state index contributed by atoms with van der Waals surface area (Å²) in [6.07, 6.45) is 3.56. The first-order valence-electron chi connectivity index (χ1n) is 7.21. The summed E-state index contributed by atoms with van der Waals surface area (Å²) >= 11 is 0. The van der Waals surface area contributed by atoms with Crippen LogP contribution >= 0.6 is 0 Å². The maximum Gasteiger partial charge on any atom is 0.160 e. The molecule has 0 saturated carbocycles. The first kappa shape index (κ1) is 16.3. The highest BCUT2D eigenvalue weighted by Gasteiger charge is 2.00. The zero-order valence-corrected chi connectivity index (χ0v) is 13.0. The van der Waals surface area contributed by atoms with Crippen LogP contribution in [0.4, 0.5) is 0 Å². The van der Waals surface area contributed by atoms with Gasteiger partial charge in [-0.05, 0) is 29.8 Å². The third-order valence-corrected chi connectivity index (χ3v) is 3.20. The molecule has 0 saturated heterocycles. The fourth-order valence-corrected chi connectivity index (χ4v) is 2.07. The normalized spacial score (nSPS) is 9.43. The van der Waals surface area contributed by atoms with Crippen molar-refractivity contribution in [1.29, 1.82) is 0 Å². The SMILES string of the molecule is C=Cc1ncccc1-c1ccccc1.COc1ccccc1O. The van der Waals surface area contributed by atoms with Crippen molar-refractivity contribution in [2.45, 2.75) is 0 Å². The van der Waals surface area contributed by atoms with Gasteiger partial charge in [0.2, 0.25) is 0 Å². The summed E-state index contributed by atoms with van der Waals surface area (Å²) < 4.78 is 4.79. The number of aromatic hydroxyl groups is 1. The second-order valence-electron chi connectivity index (χ2n) is 4.68. The molecular weight excluding hydrogens is 286 g/mol. The van der Waals surface area contributed by atoms with Gasteiger partial charge in [0.25, 0.3) is 0 Å². The van der Waals surface area contributed by atoms with Gasteiger partial charge in [-0.3, -0.25) is 4.98 Å². The predicted molar refractivity (Wildman–Crippen MR) is 94.4 cm³/mol. The van der Waals surface area contributed by atoms with Crippen molar-refractivity contribution in [3.8, 4) is 22.6 Å². The Bertz CT molecular complexity index is 754. The number of methoxy groups -OCH3 is 1. The summed E-state index contributed by atoms with van der Waals surface area (Å²) in [4.78, 5) is 4.26. The Labute approximate surface area is 136 Å². The lowest BCUT2D eigenvalue weighted by atomic mass is 10.0. The second kappa shape index (κ2) is 8.39. The zero-order valence-electron chi connectivity index (χ0n) is 13.0. The topological polar surface area (TPSA) is 42.4 Å². The molecule has 0 bridgehead atoms. The van der Waals surface area contributed by atoms with E-state index in [1.807, 2.05) is 24.3 Å². The Balaban J connectivity index is 0.000000185. The highest BCUT2D eigenvalue weighted by Crippen LogP contribution is 2.23. The first-order valence-corrected chi connectivity index (χ1v) is 7.21. The van der Waals surface area contributed by atoms with Crippen LogP contribution in [-0.2, 0) is 0 Å². The van der Waals surface area contributed by atoms with Crippen molar-refractivity contribution in [2.24, 2.45) is 0 Å². The quantitative estimate of drug-likeness (QED) is 0.756. The van der Waals surface area contributed by atoms with E-state index in [4.69, 9.17) is 9.84 Å². The van der Waals surface area contributed by atoms with Gasteiger partial charge in [0, 0.05) is 11.8 Å². The summed E-state index contributed by atoms with van der Waals surface area (Å²) in [6.45, 7) is 3.75. The van der Waals surface area contributed by atoms with Gasteiger partial charge in [-0.1, -0.05) is 55.1 Å². The molecule has 1 heterocycles. The lowest BCUT2D eigenvalue weighted by Gasteiger charge is -2.03. The van der Waals surface area contributed by atoms with Crippen LogP contribution in [0.25, 0.3) is 17.2 Å². The maximum absolute atomic E-state index is 8.99. The van der Waals surface area contributed by atoms with Gasteiger partial charge < -0.3 is 9.84 Å². The molecule has 1 aromatic heterocycles. The maximum atomic E-state index is 8.99. The third kappa shape index (κ3) is 4.45. The van der Waals surface area contributed by atoms with Crippen molar-refractivity contribution in [3.05, 3.63) is 85.2 Å². The van der Waals surface area contributed by atoms with Gasteiger partial charge in [-0.25, -0.2) is 0 Å². The summed E-state index contributed by atoms with van der Waals surface area (Å²) in [5.41, 5.74) is 3.23. The van der Waals surface area contributed by atoms with Crippen LogP contribution < -0.4 is 4.74 Å². The minimum atomic E-state index is 0.181. The molecule has 0 aliphatic rings. The molecule has 3 nitrogen and oxygen atoms in total. The molecule has 0 fully saturated rings. The molecule has 0 amide bonds. The van der Waals surface area contributed by atoms with E-state index in [0.29, 0.717) is 5.75 Å². The molecule has 23 heavy (non-hydrogen) atoms. The number of aromatic nitrogens is 1. The van der Waals surface area contributed by atoms with E-state index in [-0.39, 0.29) is 5.75 Å². The van der Waals surface area contributed by atoms with Crippen molar-refractivity contribution >= 4 is 6.08 Å². The number of rotatable bonds is 3. The molecule has 3 rings (SSSR count). The monoisotopic (exact) mass is 305 g/mol. The Morgan fingerprint density at radius 1 is 0.957 bits per heavy atom. The van der Waals surface area contributed by atoms with Crippen molar-refractivity contribution in [3.63, 3.8) is 0 Å². The molecular formula is C20H19NO2. The average Bonchev–Trinajstić information content (AvgIpc) is 2.63. The number of para-hydroxylation sites is 2. The van der Waals surface area contributed by atoms with Crippen LogP contribution in [0, 0.1) is 0 Å². The minimum Gasteiger partial charge on any atom is -0.504 e. The molecule has 0 radical (unpaired) electrons. The van der Waals surface area contributed by atoms with Gasteiger partial charge in [0.1, 0.15) is 0 Å². The lowest BCUT2D eigenvalue weighted by molar-refractivity contribution is 0.373. The molecule has 0 aliphatic heterocycles. The summed E-state index contributed by atoms with van der Waals surface area (Å²) in [7, 11) is 1.52. The number of nitrogens with zero attached hydrogens (tertiary/aromatic N) is 1. The average molecular weight is 305 g/mol. The number of ether oxygens (including phenoxy) is 1. The van der Waals surface area contributed by atoms with Crippen LogP contribution in [0.5, 0.6) is 11.5 Å². The van der Waals surface area contributed by atoms with Crippen LogP contribution in [0.1, 0.15) is 5.69 Å². The highest BCUT2D eigenvalue weighted by molar-refractivity contribution is 5.72. The Morgan fingerprint density at radius 3 is 2.26 bits per heavy atom. The van der Waals surface area contributed by atoms with Gasteiger partial charge in [-0.2, -0.15) is 0 Å². The molecule has 3 aromatic rings. The Morgan fingerprint density at radius 2 is 1.65 bits per heavy atom. The number of hydrogen-bond acceptors (Lipinski definition) is 3. The number of hydrogen-bond donors (Lipinski definition) is 1. The Kier molecular flexibility index (Phi) is 5.95. The van der Waals surface area contributed by atoms with Crippen LogP contribution in [0.15, 0.2) is 79.5 Å². The van der Waals surface area contributed by atoms with E-state index in [1.165, 1.54) is 12.7 Å². The lowest BCUT2D eigenvalue weighted by Crippen LogP contribution is -1.85. The van der Waals surface area contributed by atoms with Gasteiger partial charge in [0.15, 0.2) is 11.5 Å². The van der Waals surface area contributed by atoms with E-state index in [1.54, 1.807) is 36.5 Å². The zero-order chi connectivity index (χ0) is 16.5. The summed E-state index contributed by atoms with van der Waals surface area (Å²) in [5.74, 6) is 0.692. The fourth-order valence-electron chi connectivity index (χ4n) is 2.07. The molecule has 3 heteroatoms. The molecule has 1 N–H and O–H groups in total. The molecule has 0 unspecified atom stereocenters. The van der Waals surface area contributed by atoms with Crippen molar-refractivity contribution in [2.75, 3.05) is 7.11 Å². The van der Waals surface area contributed by atoms with Crippen LogP contribution in [0.3, 0.4) is 0 Å². The number of phenolic OH excluding ortho intramolecular Hbond substituents is 1. The van der Waals surface area contributed by atoms with Crippen molar-refractivity contribution in [1.82, 2.24) is 4.98 Å². The van der Waals surface area contributed by atoms with Gasteiger partial charge in [0.05, 0.1) is 12.8 Å². The third-order valence-electron chi connectivity index (χ3n) is 3.20. The number of pyridine rings is 1. The van der Waals surface area contributed by atoms with Gasteiger partial charge >= 0.3 is 0 Å². The highest BCUT2D eigenvalue weighted by atomic mass is 16.5. The first-order chi connectivity index (χ1) is 11.3. The summed E-state index contributed by atoms with van der Waals surface area (Å²) in [5, 5.41) is 8.99. The van der Waals surface area contributed by atoms with E-state index < -0.39 is 0 Å². The second-order valence-corrected chi connectivity index (χ2v) is 4.68. The number of benzene rings is 2.